The van der Waals surface area contributed by atoms with Crippen LogP contribution >= 0.6 is 0 Å². The first-order valence-corrected chi connectivity index (χ1v) is 5.85. The zero-order valence-electron chi connectivity index (χ0n) is 9.56. The lowest BCUT2D eigenvalue weighted by Crippen LogP contribution is -2.27. The molecule has 0 radical (unpaired) electrons. The predicted octanol–water partition coefficient (Wildman–Crippen LogP) is 1.42. The SMILES string of the molecule is O=C(O)CCCNC(=O)c1cccn1C1CC1. The molecule has 0 unspecified atom stereocenters. The third kappa shape index (κ3) is 3.09. The van der Waals surface area contributed by atoms with Crippen LogP contribution in [0.4, 0.5) is 0 Å². The average molecular weight is 236 g/mol. The lowest BCUT2D eigenvalue weighted by Gasteiger charge is -2.08. The van der Waals surface area contributed by atoms with E-state index in [-0.39, 0.29) is 12.3 Å². The average Bonchev–Trinajstić information content (AvgIpc) is 3.02. The number of carboxylic acids is 1. The predicted molar refractivity (Wildman–Crippen MR) is 61.9 cm³/mol. The summed E-state index contributed by atoms with van der Waals surface area (Å²) in [7, 11) is 0. The minimum absolute atomic E-state index is 0.0872. The number of carboxylic acid groups (broad SMARTS) is 1. The smallest absolute Gasteiger partial charge is 0.303 e. The molecule has 1 aromatic rings. The number of rotatable bonds is 6. The van der Waals surface area contributed by atoms with Gasteiger partial charge in [0, 0.05) is 25.2 Å². The van der Waals surface area contributed by atoms with Crippen LogP contribution in [0.3, 0.4) is 0 Å². The van der Waals surface area contributed by atoms with E-state index in [1.165, 1.54) is 0 Å². The van der Waals surface area contributed by atoms with Gasteiger partial charge in [0.2, 0.25) is 0 Å². The molecule has 0 saturated heterocycles. The van der Waals surface area contributed by atoms with E-state index < -0.39 is 5.97 Å². The zero-order chi connectivity index (χ0) is 12.3. The summed E-state index contributed by atoms with van der Waals surface area (Å²) >= 11 is 0. The van der Waals surface area contributed by atoms with Crippen molar-refractivity contribution in [2.24, 2.45) is 0 Å². The van der Waals surface area contributed by atoms with Crippen molar-refractivity contribution in [3.05, 3.63) is 24.0 Å². The van der Waals surface area contributed by atoms with Crippen molar-refractivity contribution >= 4 is 11.9 Å². The molecule has 1 aliphatic rings. The van der Waals surface area contributed by atoms with Gasteiger partial charge in [-0.2, -0.15) is 0 Å². The second kappa shape index (κ2) is 5.03. The van der Waals surface area contributed by atoms with Crippen LogP contribution < -0.4 is 5.32 Å². The fourth-order valence-electron chi connectivity index (χ4n) is 1.79. The molecule has 0 atom stereocenters. The number of carbonyl (C=O) groups excluding carboxylic acids is 1. The Labute approximate surface area is 99.4 Å². The normalized spacial score (nSPS) is 14.6. The first kappa shape index (κ1) is 11.7. The quantitative estimate of drug-likeness (QED) is 0.734. The minimum atomic E-state index is -0.833. The second-order valence-corrected chi connectivity index (χ2v) is 4.29. The number of carbonyl (C=O) groups is 2. The summed E-state index contributed by atoms with van der Waals surface area (Å²) in [6.45, 7) is 0.404. The Morgan fingerprint density at radius 1 is 1.47 bits per heavy atom. The molecule has 92 valence electrons. The molecule has 0 aromatic carbocycles. The van der Waals surface area contributed by atoms with E-state index in [1.807, 2.05) is 16.8 Å². The van der Waals surface area contributed by atoms with Crippen LogP contribution in [0, 0.1) is 0 Å². The van der Waals surface area contributed by atoms with Crippen LogP contribution in [0.1, 0.15) is 42.2 Å². The summed E-state index contributed by atoms with van der Waals surface area (Å²) in [6, 6.07) is 4.14. The Balaban J connectivity index is 1.82. The molecular weight excluding hydrogens is 220 g/mol. The van der Waals surface area contributed by atoms with E-state index >= 15 is 0 Å². The number of hydrogen-bond acceptors (Lipinski definition) is 2. The highest BCUT2D eigenvalue weighted by Gasteiger charge is 2.26. The highest BCUT2D eigenvalue weighted by molar-refractivity contribution is 5.92. The minimum Gasteiger partial charge on any atom is -0.481 e. The summed E-state index contributed by atoms with van der Waals surface area (Å²) in [6.07, 6.45) is 4.74. The summed E-state index contributed by atoms with van der Waals surface area (Å²) < 4.78 is 1.99. The molecule has 1 aromatic heterocycles. The number of hydrogen-bond donors (Lipinski definition) is 2. The molecule has 1 fully saturated rings. The molecule has 1 amide bonds. The largest absolute Gasteiger partial charge is 0.481 e. The van der Waals surface area contributed by atoms with E-state index in [0.717, 1.165) is 12.8 Å². The first-order valence-electron chi connectivity index (χ1n) is 5.85. The maximum absolute atomic E-state index is 11.8. The standard InChI is InChI=1S/C12H16N2O3/c15-11(16)4-1-7-13-12(17)10-3-2-8-14(10)9-5-6-9/h2-3,8-9H,1,4-7H2,(H,13,17)(H,15,16). The molecule has 1 saturated carbocycles. The van der Waals surface area contributed by atoms with Gasteiger partial charge >= 0.3 is 5.97 Å². The van der Waals surface area contributed by atoms with Gasteiger partial charge in [-0.15, -0.1) is 0 Å². The third-order valence-electron chi connectivity index (χ3n) is 2.80. The Morgan fingerprint density at radius 3 is 2.88 bits per heavy atom. The van der Waals surface area contributed by atoms with E-state index in [1.54, 1.807) is 6.07 Å². The highest BCUT2D eigenvalue weighted by Crippen LogP contribution is 2.35. The molecule has 1 aliphatic carbocycles. The van der Waals surface area contributed by atoms with Gasteiger partial charge in [0.25, 0.3) is 5.91 Å². The molecule has 2 N–H and O–H groups in total. The lowest BCUT2D eigenvalue weighted by atomic mass is 10.3. The van der Waals surface area contributed by atoms with Crippen LogP contribution in [-0.4, -0.2) is 28.1 Å². The molecule has 5 heteroatoms. The van der Waals surface area contributed by atoms with Crippen LogP contribution in [0.15, 0.2) is 18.3 Å². The van der Waals surface area contributed by atoms with Crippen molar-refractivity contribution in [2.45, 2.75) is 31.7 Å². The van der Waals surface area contributed by atoms with E-state index in [0.29, 0.717) is 24.7 Å². The van der Waals surface area contributed by atoms with Gasteiger partial charge in [0.1, 0.15) is 5.69 Å². The molecular formula is C12H16N2O3. The van der Waals surface area contributed by atoms with Gasteiger partial charge in [-0.1, -0.05) is 0 Å². The third-order valence-corrected chi connectivity index (χ3v) is 2.80. The zero-order valence-corrected chi connectivity index (χ0v) is 9.56. The Bertz CT molecular complexity index is 421. The molecule has 17 heavy (non-hydrogen) atoms. The van der Waals surface area contributed by atoms with Gasteiger partial charge in [-0.05, 0) is 31.4 Å². The van der Waals surface area contributed by atoms with Crippen LogP contribution in [-0.2, 0) is 4.79 Å². The number of nitrogens with one attached hydrogen (secondary N) is 1. The molecule has 0 bridgehead atoms. The monoisotopic (exact) mass is 236 g/mol. The van der Waals surface area contributed by atoms with Crippen molar-refractivity contribution in [2.75, 3.05) is 6.54 Å². The van der Waals surface area contributed by atoms with Crippen molar-refractivity contribution in [3.63, 3.8) is 0 Å². The van der Waals surface area contributed by atoms with E-state index in [2.05, 4.69) is 5.32 Å². The fraction of sp³-hybridized carbons (Fsp3) is 0.500. The summed E-state index contributed by atoms with van der Waals surface area (Å²) in [5.74, 6) is -0.951. The van der Waals surface area contributed by atoms with Crippen molar-refractivity contribution in [1.82, 2.24) is 9.88 Å². The van der Waals surface area contributed by atoms with Gasteiger partial charge in [0.05, 0.1) is 0 Å². The van der Waals surface area contributed by atoms with Gasteiger partial charge in [-0.3, -0.25) is 9.59 Å². The maximum atomic E-state index is 11.8. The van der Waals surface area contributed by atoms with Gasteiger partial charge in [0.15, 0.2) is 0 Å². The van der Waals surface area contributed by atoms with Crippen LogP contribution in [0.25, 0.3) is 0 Å². The van der Waals surface area contributed by atoms with Gasteiger partial charge < -0.3 is 15.0 Å². The molecule has 5 nitrogen and oxygen atoms in total. The van der Waals surface area contributed by atoms with E-state index in [4.69, 9.17) is 5.11 Å². The van der Waals surface area contributed by atoms with Crippen molar-refractivity contribution in [3.8, 4) is 0 Å². The Hall–Kier alpha value is -1.78. The second-order valence-electron chi connectivity index (χ2n) is 4.29. The Kier molecular flexibility index (Phi) is 3.46. The van der Waals surface area contributed by atoms with Crippen LogP contribution in [0.5, 0.6) is 0 Å². The molecule has 2 rings (SSSR count). The number of aromatic nitrogens is 1. The fourth-order valence-corrected chi connectivity index (χ4v) is 1.79. The topological polar surface area (TPSA) is 71.3 Å². The Morgan fingerprint density at radius 2 is 2.24 bits per heavy atom. The number of nitrogens with zero attached hydrogens (tertiary/aromatic N) is 1. The van der Waals surface area contributed by atoms with Crippen LogP contribution in [0.2, 0.25) is 0 Å². The molecule has 1 heterocycles. The highest BCUT2D eigenvalue weighted by atomic mass is 16.4. The van der Waals surface area contributed by atoms with Gasteiger partial charge in [-0.25, -0.2) is 0 Å². The first-order chi connectivity index (χ1) is 8.18. The summed E-state index contributed by atoms with van der Waals surface area (Å²) in [4.78, 5) is 22.1. The number of amides is 1. The number of aliphatic carboxylic acids is 1. The molecule has 0 aliphatic heterocycles. The summed E-state index contributed by atoms with van der Waals surface area (Å²) in [5.41, 5.74) is 0.669. The van der Waals surface area contributed by atoms with Crippen molar-refractivity contribution < 1.29 is 14.7 Å². The maximum Gasteiger partial charge on any atom is 0.303 e. The lowest BCUT2D eigenvalue weighted by molar-refractivity contribution is -0.137. The van der Waals surface area contributed by atoms with Crippen molar-refractivity contribution in [1.29, 1.82) is 0 Å². The van der Waals surface area contributed by atoms with E-state index in [9.17, 15) is 9.59 Å². The summed E-state index contributed by atoms with van der Waals surface area (Å²) in [5, 5.41) is 11.2. The molecule has 0 spiro atoms.